The van der Waals surface area contributed by atoms with Crippen LogP contribution in [0, 0.1) is 0 Å². The van der Waals surface area contributed by atoms with E-state index in [0.717, 1.165) is 5.56 Å². The van der Waals surface area contributed by atoms with Crippen LogP contribution in [0.2, 0.25) is 5.02 Å². The van der Waals surface area contributed by atoms with Crippen molar-refractivity contribution in [2.45, 2.75) is 12.6 Å². The van der Waals surface area contributed by atoms with E-state index in [1.165, 1.54) is 0 Å². The van der Waals surface area contributed by atoms with Crippen molar-refractivity contribution in [3.05, 3.63) is 28.8 Å². The topological polar surface area (TPSA) is 50.7 Å². The molecular formula is C12H18ClNO3. The Morgan fingerprint density at radius 1 is 1.41 bits per heavy atom. The Balaban J connectivity index is 2.37. The maximum Gasteiger partial charge on any atom is 0.134 e. The first-order valence-corrected chi connectivity index (χ1v) is 5.75. The summed E-state index contributed by atoms with van der Waals surface area (Å²) in [4.78, 5) is 0. The number of rotatable bonds is 7. The fourth-order valence-electron chi connectivity index (χ4n) is 1.43. The molecule has 0 saturated carbocycles. The van der Waals surface area contributed by atoms with Crippen molar-refractivity contribution < 1.29 is 14.6 Å². The smallest absolute Gasteiger partial charge is 0.134 e. The van der Waals surface area contributed by atoms with Gasteiger partial charge in [-0.15, -0.1) is 0 Å². The molecule has 5 heteroatoms. The number of nitrogens with one attached hydrogen (secondary N) is 1. The number of benzene rings is 1. The standard InChI is InChI=1S/C12H18ClNO3/c1-16-8-10(17-2)7-14-6-9-3-4-12(15)11(13)5-9/h3-5,10,14-15H,6-8H2,1-2H3. The van der Waals surface area contributed by atoms with E-state index < -0.39 is 0 Å². The summed E-state index contributed by atoms with van der Waals surface area (Å²) in [5, 5.41) is 12.9. The third kappa shape index (κ3) is 4.91. The normalized spacial score (nSPS) is 12.6. The number of phenols is 1. The molecule has 1 unspecified atom stereocenters. The molecule has 0 saturated heterocycles. The first-order chi connectivity index (χ1) is 8.17. The minimum Gasteiger partial charge on any atom is -0.506 e. The molecule has 4 nitrogen and oxygen atoms in total. The van der Waals surface area contributed by atoms with Gasteiger partial charge in [0.25, 0.3) is 0 Å². The molecule has 0 radical (unpaired) electrons. The molecule has 0 heterocycles. The van der Waals surface area contributed by atoms with Crippen LogP contribution >= 0.6 is 11.6 Å². The van der Waals surface area contributed by atoms with Crippen LogP contribution in [0.25, 0.3) is 0 Å². The minimum absolute atomic E-state index is 0.0348. The SMILES string of the molecule is COCC(CNCc1ccc(O)c(Cl)c1)OC. The second-order valence-electron chi connectivity index (χ2n) is 3.73. The lowest BCUT2D eigenvalue weighted by molar-refractivity contribution is 0.0288. The molecule has 0 aliphatic rings. The van der Waals surface area contributed by atoms with Crippen molar-refractivity contribution in [1.29, 1.82) is 0 Å². The van der Waals surface area contributed by atoms with Crippen LogP contribution in [0.3, 0.4) is 0 Å². The van der Waals surface area contributed by atoms with Crippen molar-refractivity contribution in [3.8, 4) is 5.75 Å². The lowest BCUT2D eigenvalue weighted by Gasteiger charge is -2.15. The van der Waals surface area contributed by atoms with Crippen molar-refractivity contribution in [2.75, 3.05) is 27.4 Å². The Bertz CT molecular complexity index is 347. The van der Waals surface area contributed by atoms with Gasteiger partial charge in [0.1, 0.15) is 5.75 Å². The maximum absolute atomic E-state index is 9.28. The van der Waals surface area contributed by atoms with E-state index in [9.17, 15) is 5.11 Å². The van der Waals surface area contributed by atoms with E-state index in [1.807, 2.05) is 6.07 Å². The fraction of sp³-hybridized carbons (Fsp3) is 0.500. The summed E-state index contributed by atoms with van der Waals surface area (Å²) in [7, 11) is 3.30. The van der Waals surface area contributed by atoms with Gasteiger partial charge >= 0.3 is 0 Å². The summed E-state index contributed by atoms with van der Waals surface area (Å²) in [6, 6.07) is 5.15. The van der Waals surface area contributed by atoms with E-state index in [2.05, 4.69) is 5.32 Å². The highest BCUT2D eigenvalue weighted by atomic mass is 35.5. The van der Waals surface area contributed by atoms with Crippen LogP contribution in [0.5, 0.6) is 5.75 Å². The van der Waals surface area contributed by atoms with Gasteiger partial charge in [-0.2, -0.15) is 0 Å². The molecule has 96 valence electrons. The van der Waals surface area contributed by atoms with E-state index >= 15 is 0 Å². The van der Waals surface area contributed by atoms with E-state index in [0.29, 0.717) is 24.7 Å². The number of phenolic OH excluding ortho intramolecular Hbond substituents is 1. The molecule has 0 bridgehead atoms. The number of halogens is 1. The summed E-state index contributed by atoms with van der Waals surface area (Å²) in [6.45, 7) is 1.92. The Morgan fingerprint density at radius 2 is 2.18 bits per heavy atom. The van der Waals surface area contributed by atoms with Crippen molar-refractivity contribution in [2.24, 2.45) is 0 Å². The van der Waals surface area contributed by atoms with Gasteiger partial charge in [0.2, 0.25) is 0 Å². The van der Waals surface area contributed by atoms with Crippen molar-refractivity contribution >= 4 is 11.6 Å². The van der Waals surface area contributed by atoms with Gasteiger partial charge in [-0.05, 0) is 17.7 Å². The quantitative estimate of drug-likeness (QED) is 0.784. The minimum atomic E-state index is 0.0348. The van der Waals surface area contributed by atoms with Crippen LogP contribution < -0.4 is 5.32 Å². The number of hydrogen-bond acceptors (Lipinski definition) is 4. The third-order valence-corrected chi connectivity index (χ3v) is 2.70. The van der Waals surface area contributed by atoms with Crippen molar-refractivity contribution in [3.63, 3.8) is 0 Å². The first kappa shape index (κ1) is 14.3. The second kappa shape index (κ2) is 7.50. The zero-order valence-corrected chi connectivity index (χ0v) is 10.8. The highest BCUT2D eigenvalue weighted by molar-refractivity contribution is 6.32. The first-order valence-electron chi connectivity index (χ1n) is 5.37. The monoisotopic (exact) mass is 259 g/mol. The lowest BCUT2D eigenvalue weighted by Crippen LogP contribution is -2.31. The van der Waals surface area contributed by atoms with Gasteiger partial charge in [-0.3, -0.25) is 0 Å². The predicted molar refractivity (Wildman–Crippen MR) is 67.5 cm³/mol. The van der Waals surface area contributed by atoms with Gasteiger partial charge in [0.05, 0.1) is 17.7 Å². The van der Waals surface area contributed by atoms with Crippen LogP contribution in [0.1, 0.15) is 5.56 Å². The third-order valence-electron chi connectivity index (χ3n) is 2.40. The fourth-order valence-corrected chi connectivity index (χ4v) is 1.64. The van der Waals surface area contributed by atoms with E-state index in [-0.39, 0.29) is 11.9 Å². The highest BCUT2D eigenvalue weighted by Gasteiger charge is 2.06. The van der Waals surface area contributed by atoms with Gasteiger partial charge in [0.15, 0.2) is 0 Å². The Kier molecular flexibility index (Phi) is 6.29. The molecule has 0 aromatic heterocycles. The Morgan fingerprint density at radius 3 is 2.76 bits per heavy atom. The molecule has 1 rings (SSSR count). The molecule has 1 atom stereocenters. The van der Waals surface area contributed by atoms with Gasteiger partial charge in [0, 0.05) is 27.3 Å². The Labute approximate surface area is 106 Å². The molecular weight excluding hydrogens is 242 g/mol. The van der Waals surface area contributed by atoms with Crippen LogP contribution in [-0.2, 0) is 16.0 Å². The average molecular weight is 260 g/mol. The van der Waals surface area contributed by atoms with E-state index in [1.54, 1.807) is 26.4 Å². The zero-order valence-electron chi connectivity index (χ0n) is 10.1. The molecule has 0 fully saturated rings. The number of hydrogen-bond donors (Lipinski definition) is 2. The highest BCUT2D eigenvalue weighted by Crippen LogP contribution is 2.23. The van der Waals surface area contributed by atoms with Crippen LogP contribution in [0.15, 0.2) is 18.2 Å². The Hall–Kier alpha value is -0.810. The van der Waals surface area contributed by atoms with Crippen molar-refractivity contribution in [1.82, 2.24) is 5.32 Å². The number of aromatic hydroxyl groups is 1. The summed E-state index contributed by atoms with van der Waals surface area (Å²) in [5.41, 5.74) is 1.01. The summed E-state index contributed by atoms with van der Waals surface area (Å²) < 4.78 is 10.2. The maximum atomic E-state index is 9.28. The zero-order chi connectivity index (χ0) is 12.7. The number of methoxy groups -OCH3 is 2. The summed E-state index contributed by atoms with van der Waals surface area (Å²) >= 11 is 5.81. The molecule has 0 spiro atoms. The largest absolute Gasteiger partial charge is 0.506 e. The summed E-state index contributed by atoms with van der Waals surface area (Å²) in [5.74, 6) is 0.101. The van der Waals surface area contributed by atoms with E-state index in [4.69, 9.17) is 21.1 Å². The number of ether oxygens (including phenoxy) is 2. The van der Waals surface area contributed by atoms with Gasteiger partial charge in [-0.1, -0.05) is 17.7 Å². The van der Waals surface area contributed by atoms with Gasteiger partial charge in [-0.25, -0.2) is 0 Å². The molecule has 0 aliphatic carbocycles. The van der Waals surface area contributed by atoms with Crippen LogP contribution in [-0.4, -0.2) is 38.6 Å². The van der Waals surface area contributed by atoms with Crippen LogP contribution in [0.4, 0.5) is 0 Å². The molecule has 1 aromatic rings. The molecule has 17 heavy (non-hydrogen) atoms. The average Bonchev–Trinajstić information content (AvgIpc) is 2.32. The second-order valence-corrected chi connectivity index (χ2v) is 4.14. The molecule has 0 aliphatic heterocycles. The molecule has 0 amide bonds. The van der Waals surface area contributed by atoms with Gasteiger partial charge < -0.3 is 19.9 Å². The predicted octanol–water partition coefficient (Wildman–Crippen LogP) is 1.80. The molecule has 2 N–H and O–H groups in total. The molecule has 1 aromatic carbocycles. The summed E-state index contributed by atoms with van der Waals surface area (Å²) in [6.07, 6.45) is 0.0348. The lowest BCUT2D eigenvalue weighted by atomic mass is 10.2.